The van der Waals surface area contributed by atoms with Crippen molar-refractivity contribution < 1.29 is 9.53 Å². The predicted molar refractivity (Wildman–Crippen MR) is 89.0 cm³/mol. The topological polar surface area (TPSA) is 29.5 Å². The van der Waals surface area contributed by atoms with E-state index in [0.717, 1.165) is 12.2 Å². The fourth-order valence-corrected chi connectivity index (χ4v) is 2.40. The highest BCUT2D eigenvalue weighted by molar-refractivity contribution is 14.1. The van der Waals surface area contributed by atoms with Gasteiger partial charge in [0, 0.05) is 17.2 Å². The molecule has 4 heteroatoms. The average molecular weight is 381 g/mol. The van der Waals surface area contributed by atoms with Crippen molar-refractivity contribution in [3.05, 3.63) is 63.2 Å². The van der Waals surface area contributed by atoms with E-state index < -0.39 is 0 Å². The number of carbonyl (C=O) groups excluding carboxylic acids is 1. The summed E-state index contributed by atoms with van der Waals surface area (Å²) in [4.78, 5) is 13.8. The lowest BCUT2D eigenvalue weighted by atomic mass is 10.1. The number of hydrogen-bond acceptors (Lipinski definition) is 3. The lowest BCUT2D eigenvalue weighted by Crippen LogP contribution is -2.19. The maximum atomic E-state index is 11.8. The van der Waals surface area contributed by atoms with Crippen molar-refractivity contribution in [2.75, 3.05) is 19.1 Å². The molecule has 0 atom stereocenters. The Kier molecular flexibility index (Phi) is 5.00. The van der Waals surface area contributed by atoms with Crippen molar-refractivity contribution in [1.29, 1.82) is 0 Å². The van der Waals surface area contributed by atoms with Crippen LogP contribution in [-0.2, 0) is 11.3 Å². The third-order valence-electron chi connectivity index (χ3n) is 3.05. The van der Waals surface area contributed by atoms with Gasteiger partial charge in [-0.05, 0) is 52.4 Å². The number of anilines is 1. The van der Waals surface area contributed by atoms with Gasteiger partial charge in [-0.25, -0.2) is 4.79 Å². The number of carbonyl (C=O) groups is 1. The molecule has 0 aliphatic heterocycles. The maximum Gasteiger partial charge on any atom is 0.339 e. The third-order valence-corrected chi connectivity index (χ3v) is 3.77. The summed E-state index contributed by atoms with van der Waals surface area (Å²) >= 11 is 2.29. The Morgan fingerprint density at radius 3 is 2.45 bits per heavy atom. The largest absolute Gasteiger partial charge is 0.465 e. The summed E-state index contributed by atoms with van der Waals surface area (Å²) in [6.45, 7) is 0.741. The number of esters is 1. The molecule has 0 heterocycles. The highest BCUT2D eigenvalue weighted by Crippen LogP contribution is 2.22. The van der Waals surface area contributed by atoms with Crippen LogP contribution in [0.3, 0.4) is 0 Å². The fourth-order valence-electron chi connectivity index (χ4n) is 2.04. The van der Waals surface area contributed by atoms with Gasteiger partial charge in [0.1, 0.15) is 0 Å². The summed E-state index contributed by atoms with van der Waals surface area (Å²) in [6, 6.07) is 15.8. The van der Waals surface area contributed by atoms with E-state index in [2.05, 4.69) is 51.8 Å². The van der Waals surface area contributed by atoms with Crippen LogP contribution >= 0.6 is 22.6 Å². The molecule has 0 spiro atoms. The lowest BCUT2D eigenvalue weighted by Gasteiger charge is -2.21. The Balaban J connectivity index is 2.23. The van der Waals surface area contributed by atoms with Gasteiger partial charge in [-0.1, -0.05) is 24.3 Å². The first-order chi connectivity index (χ1) is 9.61. The normalized spacial score (nSPS) is 10.2. The molecule has 2 aromatic rings. The molecule has 0 radical (unpaired) electrons. The molecular weight excluding hydrogens is 365 g/mol. The number of para-hydroxylation sites is 1. The standard InChI is InChI=1S/C16H16INO2/c1-18(11-12-7-9-13(17)10-8-12)15-6-4-3-5-14(15)16(19)20-2/h3-10H,11H2,1-2H3. The molecule has 0 saturated carbocycles. The highest BCUT2D eigenvalue weighted by atomic mass is 127. The second kappa shape index (κ2) is 6.74. The summed E-state index contributed by atoms with van der Waals surface area (Å²) in [5.74, 6) is -0.310. The number of halogens is 1. The Morgan fingerprint density at radius 2 is 1.80 bits per heavy atom. The molecule has 0 N–H and O–H groups in total. The van der Waals surface area contributed by atoms with Gasteiger partial charge < -0.3 is 9.64 Å². The predicted octanol–water partition coefficient (Wildman–Crippen LogP) is 3.71. The molecule has 0 aliphatic carbocycles. The van der Waals surface area contributed by atoms with E-state index in [0.29, 0.717) is 5.56 Å². The van der Waals surface area contributed by atoms with Crippen LogP contribution in [0.1, 0.15) is 15.9 Å². The minimum atomic E-state index is -0.310. The van der Waals surface area contributed by atoms with Gasteiger partial charge in [-0.3, -0.25) is 0 Å². The SMILES string of the molecule is COC(=O)c1ccccc1N(C)Cc1ccc(I)cc1. The van der Waals surface area contributed by atoms with E-state index in [9.17, 15) is 4.79 Å². The van der Waals surface area contributed by atoms with Crippen LogP contribution in [0, 0.1) is 3.57 Å². The summed E-state index contributed by atoms with van der Waals surface area (Å²) in [5.41, 5.74) is 2.66. The molecule has 0 unspecified atom stereocenters. The number of benzene rings is 2. The Bertz CT molecular complexity index is 596. The minimum absolute atomic E-state index is 0.310. The first-order valence-electron chi connectivity index (χ1n) is 6.24. The fraction of sp³-hybridized carbons (Fsp3) is 0.188. The van der Waals surface area contributed by atoms with Crippen molar-refractivity contribution in [2.45, 2.75) is 6.54 Å². The quantitative estimate of drug-likeness (QED) is 0.598. The number of methoxy groups -OCH3 is 1. The van der Waals surface area contributed by atoms with E-state index >= 15 is 0 Å². The van der Waals surface area contributed by atoms with E-state index in [1.54, 1.807) is 6.07 Å². The van der Waals surface area contributed by atoms with Crippen LogP contribution in [-0.4, -0.2) is 20.1 Å². The van der Waals surface area contributed by atoms with Crippen LogP contribution in [0.4, 0.5) is 5.69 Å². The number of nitrogens with zero attached hydrogens (tertiary/aromatic N) is 1. The second-order valence-electron chi connectivity index (χ2n) is 4.49. The summed E-state index contributed by atoms with van der Waals surface area (Å²) in [5, 5.41) is 0. The van der Waals surface area contributed by atoms with Gasteiger partial charge in [0.15, 0.2) is 0 Å². The van der Waals surface area contributed by atoms with E-state index in [4.69, 9.17) is 4.74 Å². The van der Waals surface area contributed by atoms with Gasteiger partial charge in [0.05, 0.1) is 18.4 Å². The van der Waals surface area contributed by atoms with Gasteiger partial charge in [-0.2, -0.15) is 0 Å². The second-order valence-corrected chi connectivity index (χ2v) is 5.74. The Labute approximate surface area is 132 Å². The molecule has 0 aliphatic rings. The highest BCUT2D eigenvalue weighted by Gasteiger charge is 2.14. The molecule has 3 nitrogen and oxygen atoms in total. The molecule has 0 aromatic heterocycles. The zero-order chi connectivity index (χ0) is 14.5. The molecule has 104 valence electrons. The van der Waals surface area contributed by atoms with Gasteiger partial charge in [0.2, 0.25) is 0 Å². The van der Waals surface area contributed by atoms with Crippen molar-refractivity contribution in [3.8, 4) is 0 Å². The molecule has 20 heavy (non-hydrogen) atoms. The van der Waals surface area contributed by atoms with Crippen molar-refractivity contribution >= 4 is 34.2 Å². The van der Waals surface area contributed by atoms with Crippen LogP contribution in [0.2, 0.25) is 0 Å². The van der Waals surface area contributed by atoms with Gasteiger partial charge in [0.25, 0.3) is 0 Å². The average Bonchev–Trinajstić information content (AvgIpc) is 2.48. The van der Waals surface area contributed by atoms with E-state index in [1.807, 2.05) is 25.2 Å². The van der Waals surface area contributed by atoms with Gasteiger partial charge in [-0.15, -0.1) is 0 Å². The molecule has 2 rings (SSSR count). The van der Waals surface area contributed by atoms with Crippen LogP contribution in [0.25, 0.3) is 0 Å². The van der Waals surface area contributed by atoms with Crippen LogP contribution in [0.5, 0.6) is 0 Å². The smallest absolute Gasteiger partial charge is 0.339 e. The monoisotopic (exact) mass is 381 g/mol. The number of hydrogen-bond donors (Lipinski definition) is 0. The first kappa shape index (κ1) is 14.8. The van der Waals surface area contributed by atoms with Crippen LogP contribution in [0.15, 0.2) is 48.5 Å². The molecular formula is C16H16INO2. The molecule has 0 saturated heterocycles. The Morgan fingerprint density at radius 1 is 1.15 bits per heavy atom. The summed E-state index contributed by atoms with van der Waals surface area (Å²) < 4.78 is 6.04. The van der Waals surface area contributed by atoms with Crippen LogP contribution < -0.4 is 4.90 Å². The maximum absolute atomic E-state index is 11.8. The van der Waals surface area contributed by atoms with Crippen molar-refractivity contribution in [3.63, 3.8) is 0 Å². The third kappa shape index (κ3) is 3.50. The summed E-state index contributed by atoms with van der Waals surface area (Å²) in [7, 11) is 3.37. The molecule has 0 amide bonds. The molecule has 0 bridgehead atoms. The lowest BCUT2D eigenvalue weighted by molar-refractivity contribution is 0.0601. The van der Waals surface area contributed by atoms with E-state index in [-0.39, 0.29) is 5.97 Å². The first-order valence-corrected chi connectivity index (χ1v) is 7.32. The van der Waals surface area contributed by atoms with Crippen molar-refractivity contribution in [2.24, 2.45) is 0 Å². The minimum Gasteiger partial charge on any atom is -0.465 e. The Hall–Kier alpha value is -1.56. The zero-order valence-electron chi connectivity index (χ0n) is 11.5. The molecule has 0 fully saturated rings. The zero-order valence-corrected chi connectivity index (χ0v) is 13.6. The van der Waals surface area contributed by atoms with Gasteiger partial charge >= 0.3 is 5.97 Å². The van der Waals surface area contributed by atoms with Crippen molar-refractivity contribution in [1.82, 2.24) is 0 Å². The molecule has 2 aromatic carbocycles. The number of ether oxygens (including phenoxy) is 1. The van der Waals surface area contributed by atoms with E-state index in [1.165, 1.54) is 16.2 Å². The summed E-state index contributed by atoms with van der Waals surface area (Å²) in [6.07, 6.45) is 0. The number of rotatable bonds is 4.